The number of benzene rings is 1. The van der Waals surface area contributed by atoms with Crippen LogP contribution in [0.25, 0.3) is 15.9 Å². The standard InChI is InChI=1S/C22H24FN3O3S/c1-3-29-20(27)10-11-25(13-15-4-5-15)21(28)19-12-18-14(2)24-26(22(18)30-19)17-8-6-16(23)7-9-17/h6-9,12,15H,3-5,10-11,13H2,1-2H3. The van der Waals surface area contributed by atoms with Gasteiger partial charge in [-0.05, 0) is 62.9 Å². The highest BCUT2D eigenvalue weighted by molar-refractivity contribution is 7.20. The van der Waals surface area contributed by atoms with Gasteiger partial charge in [-0.3, -0.25) is 9.59 Å². The Balaban J connectivity index is 1.60. The van der Waals surface area contributed by atoms with Gasteiger partial charge in [0.05, 0.1) is 29.3 Å². The number of aromatic nitrogens is 2. The maximum atomic E-state index is 13.3. The lowest BCUT2D eigenvalue weighted by molar-refractivity contribution is -0.143. The van der Waals surface area contributed by atoms with E-state index in [0.717, 1.165) is 34.4 Å². The largest absolute Gasteiger partial charge is 0.466 e. The van der Waals surface area contributed by atoms with Crippen molar-refractivity contribution in [1.29, 1.82) is 0 Å². The highest BCUT2D eigenvalue weighted by Crippen LogP contribution is 2.33. The first-order chi connectivity index (χ1) is 14.5. The van der Waals surface area contributed by atoms with Gasteiger partial charge in [-0.25, -0.2) is 9.07 Å². The number of aryl methyl sites for hydroxylation is 1. The van der Waals surface area contributed by atoms with Crippen LogP contribution in [0.4, 0.5) is 4.39 Å². The first-order valence-corrected chi connectivity index (χ1v) is 11.0. The summed E-state index contributed by atoms with van der Waals surface area (Å²) in [6.07, 6.45) is 2.43. The molecule has 0 radical (unpaired) electrons. The van der Waals surface area contributed by atoms with Crippen LogP contribution in [0.15, 0.2) is 30.3 Å². The van der Waals surface area contributed by atoms with Gasteiger partial charge in [-0.1, -0.05) is 0 Å². The summed E-state index contributed by atoms with van der Waals surface area (Å²) in [4.78, 5) is 28.3. The molecule has 1 amide bonds. The highest BCUT2D eigenvalue weighted by atomic mass is 32.1. The number of rotatable bonds is 8. The second kappa shape index (κ2) is 8.55. The van der Waals surface area contributed by atoms with Crippen LogP contribution >= 0.6 is 11.3 Å². The minimum atomic E-state index is -0.307. The van der Waals surface area contributed by atoms with Crippen molar-refractivity contribution in [2.75, 3.05) is 19.7 Å². The number of esters is 1. The highest BCUT2D eigenvalue weighted by Gasteiger charge is 2.29. The van der Waals surface area contributed by atoms with Crippen molar-refractivity contribution in [3.05, 3.63) is 46.7 Å². The molecule has 1 aliphatic rings. The van der Waals surface area contributed by atoms with Crippen LogP contribution in [0.3, 0.4) is 0 Å². The molecular weight excluding hydrogens is 405 g/mol. The van der Waals surface area contributed by atoms with E-state index in [2.05, 4.69) is 5.10 Å². The van der Waals surface area contributed by atoms with E-state index in [1.54, 1.807) is 28.6 Å². The topological polar surface area (TPSA) is 64.4 Å². The lowest BCUT2D eigenvalue weighted by Gasteiger charge is -2.21. The number of amides is 1. The normalized spacial score (nSPS) is 13.6. The smallest absolute Gasteiger partial charge is 0.307 e. The van der Waals surface area contributed by atoms with Crippen molar-refractivity contribution < 1.29 is 18.7 Å². The Bertz CT molecular complexity index is 1070. The van der Waals surface area contributed by atoms with Gasteiger partial charge in [0, 0.05) is 18.5 Å². The van der Waals surface area contributed by atoms with Crippen LogP contribution in [0, 0.1) is 18.7 Å². The van der Waals surface area contributed by atoms with Gasteiger partial charge in [0.1, 0.15) is 10.6 Å². The van der Waals surface area contributed by atoms with E-state index < -0.39 is 0 Å². The summed E-state index contributed by atoms with van der Waals surface area (Å²) >= 11 is 1.37. The second-order valence-electron chi connectivity index (χ2n) is 7.55. The molecule has 0 unspecified atom stereocenters. The summed E-state index contributed by atoms with van der Waals surface area (Å²) in [6, 6.07) is 7.99. The molecule has 2 heterocycles. The van der Waals surface area contributed by atoms with E-state index in [-0.39, 0.29) is 24.1 Å². The number of nitrogens with zero attached hydrogens (tertiary/aromatic N) is 3. The maximum absolute atomic E-state index is 13.3. The quantitative estimate of drug-likeness (QED) is 0.500. The molecule has 30 heavy (non-hydrogen) atoms. The molecule has 8 heteroatoms. The zero-order valence-electron chi connectivity index (χ0n) is 17.1. The van der Waals surface area contributed by atoms with Crippen LogP contribution in [0.2, 0.25) is 0 Å². The molecule has 0 saturated heterocycles. The van der Waals surface area contributed by atoms with Crippen LogP contribution < -0.4 is 0 Å². The summed E-state index contributed by atoms with van der Waals surface area (Å²) in [6.45, 7) is 5.02. The Kier molecular flexibility index (Phi) is 5.85. The molecule has 3 aromatic rings. The molecule has 1 aromatic carbocycles. The number of thiophene rings is 1. The average molecular weight is 430 g/mol. The second-order valence-corrected chi connectivity index (χ2v) is 8.58. The summed E-state index contributed by atoms with van der Waals surface area (Å²) < 4.78 is 20.1. The maximum Gasteiger partial charge on any atom is 0.307 e. The van der Waals surface area contributed by atoms with Gasteiger partial charge < -0.3 is 9.64 Å². The number of hydrogen-bond acceptors (Lipinski definition) is 5. The molecule has 2 aromatic heterocycles. The van der Waals surface area contributed by atoms with Gasteiger partial charge in [0.2, 0.25) is 0 Å². The fraction of sp³-hybridized carbons (Fsp3) is 0.409. The molecule has 158 valence electrons. The van der Waals surface area contributed by atoms with Crippen LogP contribution in [-0.4, -0.2) is 46.3 Å². The first kappa shape index (κ1) is 20.5. The molecule has 1 aliphatic carbocycles. The zero-order chi connectivity index (χ0) is 21.3. The molecule has 0 spiro atoms. The van der Waals surface area contributed by atoms with Crippen LogP contribution in [-0.2, 0) is 9.53 Å². The van der Waals surface area contributed by atoms with Crippen molar-refractivity contribution >= 4 is 33.4 Å². The van der Waals surface area contributed by atoms with Crippen molar-refractivity contribution in [1.82, 2.24) is 14.7 Å². The lowest BCUT2D eigenvalue weighted by atomic mass is 10.2. The molecular formula is C22H24FN3O3S. The number of ether oxygens (including phenoxy) is 1. The Morgan fingerprint density at radius 1 is 1.30 bits per heavy atom. The van der Waals surface area contributed by atoms with Crippen LogP contribution in [0.1, 0.15) is 41.6 Å². The van der Waals surface area contributed by atoms with Crippen molar-refractivity contribution in [3.8, 4) is 5.69 Å². The molecule has 0 atom stereocenters. The average Bonchev–Trinajstić information content (AvgIpc) is 3.35. The zero-order valence-corrected chi connectivity index (χ0v) is 17.9. The molecule has 0 bridgehead atoms. The molecule has 0 N–H and O–H groups in total. The third-order valence-electron chi connectivity index (χ3n) is 5.18. The Labute approximate surface area is 178 Å². The predicted octanol–water partition coefficient (Wildman–Crippen LogP) is 4.34. The fourth-order valence-corrected chi connectivity index (χ4v) is 4.56. The van der Waals surface area contributed by atoms with E-state index in [4.69, 9.17) is 4.74 Å². The SMILES string of the molecule is CCOC(=O)CCN(CC1CC1)C(=O)c1cc2c(C)nn(-c3ccc(F)cc3)c2s1. The van der Waals surface area contributed by atoms with E-state index in [9.17, 15) is 14.0 Å². The first-order valence-electron chi connectivity index (χ1n) is 10.2. The van der Waals surface area contributed by atoms with Gasteiger partial charge in [0.15, 0.2) is 0 Å². The minimum absolute atomic E-state index is 0.0718. The van der Waals surface area contributed by atoms with E-state index in [1.165, 1.54) is 23.5 Å². The Hall–Kier alpha value is -2.74. The Morgan fingerprint density at radius 2 is 2.03 bits per heavy atom. The van der Waals surface area contributed by atoms with E-state index >= 15 is 0 Å². The van der Waals surface area contributed by atoms with Gasteiger partial charge in [0.25, 0.3) is 5.91 Å². The van der Waals surface area contributed by atoms with Crippen molar-refractivity contribution in [2.24, 2.45) is 5.92 Å². The predicted molar refractivity (Wildman–Crippen MR) is 114 cm³/mol. The van der Waals surface area contributed by atoms with Crippen LogP contribution in [0.5, 0.6) is 0 Å². The summed E-state index contributed by atoms with van der Waals surface area (Å²) in [7, 11) is 0. The Morgan fingerprint density at radius 3 is 2.70 bits per heavy atom. The fourth-order valence-electron chi connectivity index (χ4n) is 3.41. The summed E-state index contributed by atoms with van der Waals surface area (Å²) in [5, 5.41) is 5.46. The third-order valence-corrected chi connectivity index (χ3v) is 6.28. The van der Waals surface area contributed by atoms with Crippen molar-refractivity contribution in [3.63, 3.8) is 0 Å². The number of carbonyl (C=O) groups is 2. The molecule has 4 rings (SSSR count). The van der Waals surface area contributed by atoms with Gasteiger partial charge >= 0.3 is 5.97 Å². The lowest BCUT2D eigenvalue weighted by Crippen LogP contribution is -2.34. The van der Waals surface area contributed by atoms with E-state index in [1.807, 2.05) is 13.0 Å². The number of hydrogen-bond donors (Lipinski definition) is 0. The summed E-state index contributed by atoms with van der Waals surface area (Å²) in [5.74, 6) is -0.150. The van der Waals surface area contributed by atoms with E-state index in [0.29, 0.717) is 30.5 Å². The summed E-state index contributed by atoms with van der Waals surface area (Å²) in [5.41, 5.74) is 1.55. The number of carbonyl (C=O) groups excluding carboxylic acids is 2. The van der Waals surface area contributed by atoms with Gasteiger partial charge in [-0.15, -0.1) is 11.3 Å². The van der Waals surface area contributed by atoms with Gasteiger partial charge in [-0.2, -0.15) is 5.10 Å². The molecule has 0 aliphatic heterocycles. The molecule has 1 fully saturated rings. The monoisotopic (exact) mass is 429 g/mol. The molecule has 6 nitrogen and oxygen atoms in total. The van der Waals surface area contributed by atoms with Crippen molar-refractivity contribution in [2.45, 2.75) is 33.1 Å². The molecule has 1 saturated carbocycles. The number of fused-ring (bicyclic) bond motifs is 1. The number of halogens is 1. The third kappa shape index (κ3) is 4.38. The minimum Gasteiger partial charge on any atom is -0.466 e.